The highest BCUT2D eigenvalue weighted by Gasteiger charge is 2.14. The van der Waals surface area contributed by atoms with E-state index >= 15 is 0 Å². The number of benzene rings is 2. The van der Waals surface area contributed by atoms with Crippen LogP contribution in [0.4, 0.5) is 17.1 Å². The van der Waals surface area contributed by atoms with E-state index in [1.165, 1.54) is 12.1 Å². The Labute approximate surface area is 154 Å². The van der Waals surface area contributed by atoms with Gasteiger partial charge in [-0.2, -0.15) is 0 Å². The number of halogens is 1. The summed E-state index contributed by atoms with van der Waals surface area (Å²) in [5, 5.41) is 13.3. The zero-order valence-electron chi connectivity index (χ0n) is 14.1. The first-order valence-electron chi connectivity index (χ1n) is 7.46. The molecule has 0 bridgehead atoms. The molecule has 0 saturated heterocycles. The molecule has 0 aliphatic carbocycles. The second-order valence-electron chi connectivity index (χ2n) is 5.49. The Morgan fingerprint density at radius 3 is 2.42 bits per heavy atom. The molecule has 0 fully saturated rings. The average Bonchev–Trinajstić information content (AvgIpc) is 2.61. The van der Waals surface area contributed by atoms with Crippen LogP contribution in [0.1, 0.15) is 10.4 Å². The van der Waals surface area contributed by atoms with E-state index in [9.17, 15) is 19.7 Å². The van der Waals surface area contributed by atoms with E-state index in [4.69, 9.17) is 16.3 Å². The van der Waals surface area contributed by atoms with Crippen molar-refractivity contribution < 1.29 is 19.2 Å². The molecule has 0 spiro atoms. The van der Waals surface area contributed by atoms with E-state index in [0.717, 1.165) is 11.8 Å². The minimum Gasteiger partial charge on any atom is -0.452 e. The second kappa shape index (κ2) is 8.30. The monoisotopic (exact) mass is 377 g/mol. The number of esters is 1. The highest BCUT2D eigenvalue weighted by atomic mass is 35.5. The molecule has 0 aliphatic heterocycles. The zero-order valence-corrected chi connectivity index (χ0v) is 14.8. The van der Waals surface area contributed by atoms with Gasteiger partial charge in [0.1, 0.15) is 0 Å². The SMILES string of the molecule is CN(C)c1ccc(C(=O)OCC(=O)Nc2cc([N+](=O)[O-])ccc2Cl)cc1. The van der Waals surface area contributed by atoms with Gasteiger partial charge >= 0.3 is 5.97 Å². The molecule has 1 amide bonds. The normalized spacial score (nSPS) is 10.1. The molecule has 0 heterocycles. The fourth-order valence-electron chi connectivity index (χ4n) is 2.02. The molecule has 0 unspecified atom stereocenters. The van der Waals surface area contributed by atoms with Gasteiger partial charge in [-0.3, -0.25) is 14.9 Å². The number of rotatable bonds is 6. The average molecular weight is 378 g/mol. The molecule has 0 aromatic heterocycles. The van der Waals surface area contributed by atoms with Crippen LogP contribution >= 0.6 is 11.6 Å². The first kappa shape index (κ1) is 19.2. The van der Waals surface area contributed by atoms with Crippen LogP contribution in [0.15, 0.2) is 42.5 Å². The molecule has 2 rings (SSSR count). The smallest absolute Gasteiger partial charge is 0.338 e. The molecule has 2 aromatic carbocycles. The largest absolute Gasteiger partial charge is 0.452 e. The third-order valence-corrected chi connectivity index (χ3v) is 3.72. The lowest BCUT2D eigenvalue weighted by Gasteiger charge is -2.12. The maximum Gasteiger partial charge on any atom is 0.338 e. The van der Waals surface area contributed by atoms with Crippen molar-refractivity contribution in [2.24, 2.45) is 0 Å². The van der Waals surface area contributed by atoms with Crippen molar-refractivity contribution in [3.05, 3.63) is 63.2 Å². The number of hydrogen-bond donors (Lipinski definition) is 1. The zero-order chi connectivity index (χ0) is 19.3. The number of carbonyl (C=O) groups excluding carboxylic acids is 2. The Kier molecular flexibility index (Phi) is 6.13. The van der Waals surface area contributed by atoms with E-state index in [2.05, 4.69) is 5.32 Å². The molecule has 0 atom stereocenters. The molecule has 2 aromatic rings. The molecular formula is C17H16ClN3O5. The minimum atomic E-state index is -0.661. The van der Waals surface area contributed by atoms with Crippen LogP contribution in [0.25, 0.3) is 0 Å². The van der Waals surface area contributed by atoms with Crippen LogP contribution in [0.5, 0.6) is 0 Å². The topological polar surface area (TPSA) is 102 Å². The van der Waals surface area contributed by atoms with Gasteiger partial charge in [0.25, 0.3) is 11.6 Å². The molecule has 0 aliphatic rings. The Bertz CT molecular complexity index is 837. The highest BCUT2D eigenvalue weighted by molar-refractivity contribution is 6.33. The van der Waals surface area contributed by atoms with Crippen LogP contribution in [0.3, 0.4) is 0 Å². The number of carbonyl (C=O) groups is 2. The number of non-ortho nitro benzene ring substituents is 1. The lowest BCUT2D eigenvalue weighted by atomic mass is 10.2. The van der Waals surface area contributed by atoms with Gasteiger partial charge in [0, 0.05) is 31.9 Å². The van der Waals surface area contributed by atoms with Gasteiger partial charge in [-0.1, -0.05) is 11.6 Å². The Morgan fingerprint density at radius 1 is 1.19 bits per heavy atom. The summed E-state index contributed by atoms with van der Waals surface area (Å²) in [5.41, 5.74) is 1.07. The number of hydrogen-bond acceptors (Lipinski definition) is 6. The maximum absolute atomic E-state index is 12.0. The number of nitro groups is 1. The van der Waals surface area contributed by atoms with Crippen LogP contribution in [0, 0.1) is 10.1 Å². The number of nitro benzene ring substituents is 1. The summed E-state index contributed by atoms with van der Waals surface area (Å²) in [6, 6.07) is 10.3. The van der Waals surface area contributed by atoms with E-state index in [-0.39, 0.29) is 16.4 Å². The third kappa shape index (κ3) is 4.93. The van der Waals surface area contributed by atoms with Gasteiger partial charge in [0.2, 0.25) is 0 Å². The lowest BCUT2D eigenvalue weighted by Crippen LogP contribution is -2.21. The predicted octanol–water partition coefficient (Wildman–Crippen LogP) is 3.11. The maximum atomic E-state index is 12.0. The molecule has 8 nitrogen and oxygen atoms in total. The number of nitrogens with one attached hydrogen (secondary N) is 1. The minimum absolute atomic E-state index is 0.0669. The number of amides is 1. The van der Waals surface area contributed by atoms with Crippen molar-refractivity contribution in [3.8, 4) is 0 Å². The lowest BCUT2D eigenvalue weighted by molar-refractivity contribution is -0.384. The Balaban J connectivity index is 1.95. The van der Waals surface area contributed by atoms with Crippen LogP contribution in [0.2, 0.25) is 5.02 Å². The molecular weight excluding hydrogens is 362 g/mol. The number of anilines is 2. The molecule has 1 N–H and O–H groups in total. The van der Waals surface area contributed by atoms with Crippen molar-refractivity contribution in [1.29, 1.82) is 0 Å². The fraction of sp³-hybridized carbons (Fsp3) is 0.176. The quantitative estimate of drug-likeness (QED) is 0.471. The van der Waals surface area contributed by atoms with E-state index < -0.39 is 23.4 Å². The van der Waals surface area contributed by atoms with Gasteiger partial charge in [0.15, 0.2) is 6.61 Å². The summed E-state index contributed by atoms with van der Waals surface area (Å²) in [5.74, 6) is -1.32. The second-order valence-corrected chi connectivity index (χ2v) is 5.89. The summed E-state index contributed by atoms with van der Waals surface area (Å²) in [7, 11) is 3.74. The standard InChI is InChI=1S/C17H16ClN3O5/c1-20(2)12-5-3-11(4-6-12)17(23)26-10-16(22)19-15-9-13(21(24)25)7-8-14(15)18/h3-9H,10H2,1-2H3,(H,19,22). The van der Waals surface area contributed by atoms with Crippen molar-refractivity contribution >= 4 is 40.5 Å². The highest BCUT2D eigenvalue weighted by Crippen LogP contribution is 2.26. The first-order valence-corrected chi connectivity index (χ1v) is 7.84. The molecule has 136 valence electrons. The van der Waals surface area contributed by atoms with Gasteiger partial charge < -0.3 is 15.0 Å². The van der Waals surface area contributed by atoms with Crippen molar-refractivity contribution in [2.45, 2.75) is 0 Å². The molecule has 26 heavy (non-hydrogen) atoms. The van der Waals surface area contributed by atoms with Crippen LogP contribution < -0.4 is 10.2 Å². The van der Waals surface area contributed by atoms with Gasteiger partial charge in [-0.25, -0.2) is 4.79 Å². The van der Waals surface area contributed by atoms with Crippen LogP contribution in [-0.2, 0) is 9.53 Å². The molecule has 9 heteroatoms. The van der Waals surface area contributed by atoms with Gasteiger partial charge in [-0.05, 0) is 30.3 Å². The molecule has 0 saturated carbocycles. The number of nitrogens with zero attached hydrogens (tertiary/aromatic N) is 2. The summed E-state index contributed by atoms with van der Waals surface area (Å²) in [6.07, 6.45) is 0. The Hall–Kier alpha value is -3.13. The van der Waals surface area contributed by atoms with Crippen molar-refractivity contribution in [1.82, 2.24) is 0 Å². The predicted molar refractivity (Wildman–Crippen MR) is 97.8 cm³/mol. The summed E-state index contributed by atoms with van der Waals surface area (Å²) in [6.45, 7) is -0.548. The van der Waals surface area contributed by atoms with Crippen molar-refractivity contribution in [2.75, 3.05) is 30.9 Å². The Morgan fingerprint density at radius 2 is 1.85 bits per heavy atom. The summed E-state index contributed by atoms with van der Waals surface area (Å²) in [4.78, 5) is 35.9. The summed E-state index contributed by atoms with van der Waals surface area (Å²) < 4.78 is 4.94. The van der Waals surface area contributed by atoms with Crippen LogP contribution in [-0.4, -0.2) is 37.5 Å². The third-order valence-electron chi connectivity index (χ3n) is 3.39. The van der Waals surface area contributed by atoms with E-state index in [1.807, 2.05) is 19.0 Å². The summed E-state index contributed by atoms with van der Waals surface area (Å²) >= 11 is 5.89. The van der Waals surface area contributed by atoms with E-state index in [1.54, 1.807) is 24.3 Å². The number of ether oxygens (including phenoxy) is 1. The fourth-order valence-corrected chi connectivity index (χ4v) is 2.18. The van der Waals surface area contributed by atoms with Crippen molar-refractivity contribution in [3.63, 3.8) is 0 Å². The van der Waals surface area contributed by atoms with E-state index in [0.29, 0.717) is 5.56 Å². The van der Waals surface area contributed by atoms with Gasteiger partial charge in [-0.15, -0.1) is 0 Å². The first-order chi connectivity index (χ1) is 12.3. The van der Waals surface area contributed by atoms with Gasteiger partial charge in [0.05, 0.1) is 21.2 Å². The molecule has 0 radical (unpaired) electrons.